The molecule has 0 rings (SSSR count). The zero-order valence-corrected chi connectivity index (χ0v) is 16.5. The molecule has 0 heterocycles. The van der Waals surface area contributed by atoms with Gasteiger partial charge in [-0.05, 0) is 0 Å². The van der Waals surface area contributed by atoms with Crippen molar-refractivity contribution in [1.29, 1.82) is 0 Å². The summed E-state index contributed by atoms with van der Waals surface area (Å²) in [5.41, 5.74) is 0. The van der Waals surface area contributed by atoms with Crippen molar-refractivity contribution < 1.29 is 69.0 Å². The van der Waals surface area contributed by atoms with E-state index in [1.54, 1.807) is 0 Å². The summed E-state index contributed by atoms with van der Waals surface area (Å²) in [7, 11) is 0. The first kappa shape index (κ1) is 28.1. The normalized spacial score (nSPS) is 10.7. The van der Waals surface area contributed by atoms with Crippen LogP contribution in [0.3, 0.4) is 0 Å². The van der Waals surface area contributed by atoms with E-state index in [1.165, 1.54) is 4.90 Å². The molecule has 0 radical (unpaired) electrons. The van der Waals surface area contributed by atoms with Gasteiger partial charge in [-0.25, -0.2) is 0 Å². The number of carboxylic acid groups (broad SMARTS) is 5. The number of aliphatic carboxylic acids is 5. The Morgan fingerprint density at radius 1 is 0.536 bits per heavy atom. The third-order valence-electron chi connectivity index (χ3n) is 3.25. The first-order valence-electron chi connectivity index (χ1n) is 7.71. The molecule has 14 heteroatoms. The van der Waals surface area contributed by atoms with Gasteiger partial charge in [0.15, 0.2) is 0 Å². The van der Waals surface area contributed by atoms with Gasteiger partial charge in [0.2, 0.25) is 0 Å². The molecule has 0 fully saturated rings. The van der Waals surface area contributed by atoms with E-state index >= 15 is 0 Å². The van der Waals surface area contributed by atoms with E-state index in [0.29, 0.717) is 0 Å². The van der Waals surface area contributed by atoms with Gasteiger partial charge in [0.25, 0.3) is 0 Å². The van der Waals surface area contributed by atoms with Crippen LogP contribution in [0.2, 0.25) is 0 Å². The van der Waals surface area contributed by atoms with E-state index in [4.69, 9.17) is 15.3 Å². The third kappa shape index (κ3) is 16.1. The van der Waals surface area contributed by atoms with Crippen molar-refractivity contribution in [3.63, 3.8) is 0 Å². The van der Waals surface area contributed by atoms with Crippen LogP contribution >= 0.6 is 0 Å². The van der Waals surface area contributed by atoms with E-state index in [0.717, 1.165) is 9.80 Å². The van der Waals surface area contributed by atoms with Gasteiger partial charge >= 0.3 is 17.9 Å². The van der Waals surface area contributed by atoms with Gasteiger partial charge in [-0.2, -0.15) is 0 Å². The van der Waals surface area contributed by atoms with Crippen molar-refractivity contribution in [2.45, 2.75) is 0 Å². The summed E-state index contributed by atoms with van der Waals surface area (Å²) in [4.78, 5) is 57.1. The number of hydrogen-bond donors (Lipinski definition) is 3. The van der Waals surface area contributed by atoms with Gasteiger partial charge in [-0.3, -0.25) is 29.1 Å². The van der Waals surface area contributed by atoms with Crippen LogP contribution in [-0.4, -0.2) is 119 Å². The first-order chi connectivity index (χ1) is 12.5. The van der Waals surface area contributed by atoms with Crippen LogP contribution in [0.1, 0.15) is 0 Å². The number of nitrogens with zero attached hydrogens (tertiary/aromatic N) is 3. The van der Waals surface area contributed by atoms with E-state index in [-0.39, 0.29) is 45.7 Å². The predicted molar refractivity (Wildman–Crippen MR) is 82.2 cm³/mol. The molecule has 0 aliphatic rings. The van der Waals surface area contributed by atoms with Crippen LogP contribution in [0, 0.1) is 0 Å². The number of carbonyl (C=O) groups is 5. The van der Waals surface area contributed by atoms with Crippen molar-refractivity contribution in [1.82, 2.24) is 14.7 Å². The topological polar surface area (TPSA) is 202 Å². The Morgan fingerprint density at radius 3 is 1.07 bits per heavy atom. The van der Waals surface area contributed by atoms with Crippen molar-refractivity contribution in [3.8, 4) is 0 Å². The molecule has 0 atom stereocenters. The molecule has 3 N–H and O–H groups in total. The summed E-state index contributed by atoms with van der Waals surface area (Å²) in [6.45, 7) is -3.29. The van der Waals surface area contributed by atoms with Crippen LogP contribution in [0.5, 0.6) is 0 Å². The number of carbonyl (C=O) groups excluding carboxylic acids is 2. The van der Waals surface area contributed by atoms with Gasteiger partial charge in [0.1, 0.15) is 0 Å². The average molecular weight is 492 g/mol. The van der Waals surface area contributed by atoms with Gasteiger partial charge in [-0.1, -0.05) is 0 Å². The van der Waals surface area contributed by atoms with E-state index < -0.39 is 62.6 Å². The van der Waals surface area contributed by atoms with Crippen LogP contribution in [0.25, 0.3) is 0 Å². The molecule has 0 aromatic rings. The molecule has 0 aromatic carbocycles. The Labute approximate surface area is 172 Å². The third-order valence-corrected chi connectivity index (χ3v) is 3.25. The van der Waals surface area contributed by atoms with E-state index in [2.05, 4.69) is 0 Å². The molecular weight excluding hydrogens is 471 g/mol. The summed E-state index contributed by atoms with van der Waals surface area (Å²) in [6.07, 6.45) is 0. The Morgan fingerprint density at radius 2 is 0.786 bits per heavy atom. The second kappa shape index (κ2) is 14.9. The minimum Gasteiger partial charge on any atom is -0.549 e. The summed E-state index contributed by atoms with van der Waals surface area (Å²) in [6, 6.07) is 0. The maximum atomic E-state index is 10.9. The summed E-state index contributed by atoms with van der Waals surface area (Å²) in [5.74, 6) is -6.76. The zero-order chi connectivity index (χ0) is 21.0. The quantitative estimate of drug-likeness (QED) is 0.173. The number of carboxylic acids is 5. The molecule has 0 spiro atoms. The maximum Gasteiger partial charge on any atom is 0.317 e. The van der Waals surface area contributed by atoms with E-state index in [1.807, 2.05) is 0 Å². The molecular formula is C14H21N3O10Ru-2. The Hall–Kier alpha value is -2.15. The second-order valence-electron chi connectivity index (χ2n) is 5.62. The molecule has 0 saturated carbocycles. The summed E-state index contributed by atoms with van der Waals surface area (Å²) in [5, 5.41) is 47.8. The molecule has 0 bridgehead atoms. The molecule has 13 nitrogen and oxygen atoms in total. The molecule has 0 aromatic heterocycles. The van der Waals surface area contributed by atoms with Gasteiger partial charge in [0, 0.05) is 58.7 Å². The predicted octanol–water partition coefficient (Wildman–Crippen LogP) is -5.36. The fourth-order valence-electron chi connectivity index (χ4n) is 2.20. The molecule has 162 valence electrons. The molecule has 0 unspecified atom stereocenters. The maximum absolute atomic E-state index is 10.9. The van der Waals surface area contributed by atoms with Gasteiger partial charge in [-0.15, -0.1) is 0 Å². The zero-order valence-electron chi connectivity index (χ0n) is 14.8. The smallest absolute Gasteiger partial charge is 0.317 e. The summed E-state index contributed by atoms with van der Waals surface area (Å²) < 4.78 is 0. The average Bonchev–Trinajstić information content (AvgIpc) is 2.46. The summed E-state index contributed by atoms with van der Waals surface area (Å²) >= 11 is 0. The van der Waals surface area contributed by atoms with Crippen molar-refractivity contribution in [2.24, 2.45) is 0 Å². The van der Waals surface area contributed by atoms with Crippen LogP contribution < -0.4 is 10.2 Å². The Bertz CT molecular complexity index is 487. The SMILES string of the molecule is O=C([O-])CN(CCN(CCN(CC(=O)O)CC(=O)O)CC(=O)O)CC(=O)[O-].[Ru]. The van der Waals surface area contributed by atoms with Crippen LogP contribution in [0.15, 0.2) is 0 Å². The molecule has 0 aliphatic carbocycles. The van der Waals surface area contributed by atoms with E-state index in [9.17, 15) is 34.2 Å². The standard InChI is InChI=1S/C14H23N3O10.Ru/c18-10(19)5-15(1-3-16(6-11(20)21)7-12(22)23)2-4-17(8-13(24)25)9-14(26)27;/h1-9H2,(H,18,19)(H,20,21)(H,22,23)(H,24,25)(H,26,27);/p-2. The monoisotopic (exact) mass is 493 g/mol. The van der Waals surface area contributed by atoms with Gasteiger partial charge < -0.3 is 35.1 Å². The molecule has 0 aliphatic heterocycles. The number of rotatable bonds is 16. The fourth-order valence-corrected chi connectivity index (χ4v) is 2.20. The minimum atomic E-state index is -1.52. The second-order valence-corrected chi connectivity index (χ2v) is 5.62. The Kier molecular flexibility index (Phi) is 14.9. The van der Waals surface area contributed by atoms with Crippen molar-refractivity contribution >= 4 is 29.8 Å². The molecule has 0 amide bonds. The largest absolute Gasteiger partial charge is 0.549 e. The Balaban J connectivity index is 0. The van der Waals surface area contributed by atoms with Crippen molar-refractivity contribution in [3.05, 3.63) is 0 Å². The van der Waals surface area contributed by atoms with Gasteiger partial charge in [0.05, 0.1) is 31.6 Å². The van der Waals surface area contributed by atoms with Crippen LogP contribution in [-0.2, 0) is 43.5 Å². The first-order valence-corrected chi connectivity index (χ1v) is 7.71. The van der Waals surface area contributed by atoms with Crippen molar-refractivity contribution in [2.75, 3.05) is 58.9 Å². The number of hydrogen-bond acceptors (Lipinski definition) is 10. The molecule has 0 saturated heterocycles. The molecule has 28 heavy (non-hydrogen) atoms. The van der Waals surface area contributed by atoms with Crippen LogP contribution in [0.4, 0.5) is 0 Å². The minimum absolute atomic E-state index is 0. The fraction of sp³-hybridized carbons (Fsp3) is 0.643.